The SMILES string of the molecule is COCC(C)N(C)c1nc(C)c(CNC(C)(C)C)s1. The average Bonchev–Trinajstić information content (AvgIpc) is 2.66. The van der Waals surface area contributed by atoms with Crippen LogP contribution in [0.15, 0.2) is 0 Å². The number of rotatable bonds is 6. The van der Waals surface area contributed by atoms with Crippen molar-refractivity contribution in [2.75, 3.05) is 25.7 Å². The Morgan fingerprint density at radius 3 is 2.58 bits per heavy atom. The number of nitrogens with one attached hydrogen (secondary N) is 1. The molecule has 0 spiro atoms. The van der Waals surface area contributed by atoms with Crippen molar-refractivity contribution in [2.45, 2.75) is 52.7 Å². The third-order valence-electron chi connectivity index (χ3n) is 3.03. The summed E-state index contributed by atoms with van der Waals surface area (Å²) in [5.74, 6) is 0. The van der Waals surface area contributed by atoms with Gasteiger partial charge in [0.2, 0.25) is 0 Å². The molecule has 19 heavy (non-hydrogen) atoms. The van der Waals surface area contributed by atoms with Gasteiger partial charge in [0.1, 0.15) is 0 Å². The number of aromatic nitrogens is 1. The van der Waals surface area contributed by atoms with Crippen LogP contribution in [0.5, 0.6) is 0 Å². The third kappa shape index (κ3) is 5.09. The molecule has 0 amide bonds. The molecular weight excluding hydrogens is 258 g/mol. The molecule has 1 heterocycles. The van der Waals surface area contributed by atoms with E-state index in [1.165, 1.54) is 4.88 Å². The minimum Gasteiger partial charge on any atom is -0.383 e. The molecule has 0 aliphatic heterocycles. The van der Waals surface area contributed by atoms with Crippen LogP contribution in [0.25, 0.3) is 0 Å². The van der Waals surface area contributed by atoms with Crippen molar-refractivity contribution < 1.29 is 4.74 Å². The van der Waals surface area contributed by atoms with Crippen LogP contribution in [0.2, 0.25) is 0 Å². The van der Waals surface area contributed by atoms with E-state index in [2.05, 4.69) is 56.9 Å². The molecule has 0 aliphatic rings. The molecule has 0 aliphatic carbocycles. The van der Waals surface area contributed by atoms with E-state index in [9.17, 15) is 0 Å². The summed E-state index contributed by atoms with van der Waals surface area (Å²) in [7, 11) is 3.80. The molecule has 1 aromatic rings. The summed E-state index contributed by atoms with van der Waals surface area (Å²) in [6, 6.07) is 0.332. The Bertz CT molecular complexity index is 398. The monoisotopic (exact) mass is 285 g/mol. The van der Waals surface area contributed by atoms with Crippen LogP contribution in [-0.4, -0.2) is 37.3 Å². The number of nitrogens with zero attached hydrogens (tertiary/aromatic N) is 2. The summed E-state index contributed by atoms with van der Waals surface area (Å²) < 4.78 is 5.20. The number of ether oxygens (including phenoxy) is 1. The lowest BCUT2D eigenvalue weighted by molar-refractivity contribution is 0.183. The molecule has 0 bridgehead atoms. The Morgan fingerprint density at radius 1 is 1.42 bits per heavy atom. The lowest BCUT2D eigenvalue weighted by Gasteiger charge is -2.23. The second-order valence-electron chi connectivity index (χ2n) is 6.02. The zero-order chi connectivity index (χ0) is 14.6. The lowest BCUT2D eigenvalue weighted by Crippen LogP contribution is -2.35. The predicted molar refractivity (Wildman–Crippen MR) is 83.2 cm³/mol. The van der Waals surface area contributed by atoms with Gasteiger partial charge in [-0.25, -0.2) is 4.98 Å². The van der Waals surface area contributed by atoms with E-state index in [0.717, 1.165) is 17.4 Å². The number of hydrogen-bond acceptors (Lipinski definition) is 5. The number of aryl methyl sites for hydroxylation is 1. The quantitative estimate of drug-likeness (QED) is 0.872. The fraction of sp³-hybridized carbons (Fsp3) is 0.786. The molecule has 1 N–H and O–H groups in total. The highest BCUT2D eigenvalue weighted by Crippen LogP contribution is 2.26. The summed E-state index contributed by atoms with van der Waals surface area (Å²) in [4.78, 5) is 8.15. The molecule has 4 nitrogen and oxygen atoms in total. The van der Waals surface area contributed by atoms with Crippen molar-refractivity contribution in [2.24, 2.45) is 0 Å². The molecule has 1 atom stereocenters. The first kappa shape index (κ1) is 16.4. The van der Waals surface area contributed by atoms with Crippen LogP contribution < -0.4 is 10.2 Å². The minimum atomic E-state index is 0.131. The van der Waals surface area contributed by atoms with E-state index in [1.807, 2.05) is 0 Å². The van der Waals surface area contributed by atoms with Crippen LogP contribution in [0, 0.1) is 6.92 Å². The van der Waals surface area contributed by atoms with E-state index in [1.54, 1.807) is 18.4 Å². The Kier molecular flexibility index (Phi) is 5.77. The summed E-state index contributed by atoms with van der Waals surface area (Å²) >= 11 is 1.76. The van der Waals surface area contributed by atoms with Gasteiger partial charge < -0.3 is 15.0 Å². The average molecular weight is 285 g/mol. The molecule has 5 heteroatoms. The van der Waals surface area contributed by atoms with Crippen molar-refractivity contribution >= 4 is 16.5 Å². The van der Waals surface area contributed by atoms with Gasteiger partial charge in [-0.15, -0.1) is 11.3 Å². The molecule has 1 unspecified atom stereocenters. The number of likely N-dealkylation sites (N-methyl/N-ethyl adjacent to an activating group) is 1. The fourth-order valence-electron chi connectivity index (χ4n) is 1.61. The minimum absolute atomic E-state index is 0.131. The van der Waals surface area contributed by atoms with Crippen molar-refractivity contribution in [3.05, 3.63) is 10.6 Å². The summed E-state index contributed by atoms with van der Waals surface area (Å²) in [6.45, 7) is 12.3. The maximum absolute atomic E-state index is 5.20. The second kappa shape index (κ2) is 6.68. The van der Waals surface area contributed by atoms with Gasteiger partial charge >= 0.3 is 0 Å². The zero-order valence-corrected chi connectivity index (χ0v) is 14.0. The fourth-order valence-corrected chi connectivity index (χ4v) is 2.68. The van der Waals surface area contributed by atoms with E-state index in [-0.39, 0.29) is 5.54 Å². The van der Waals surface area contributed by atoms with Gasteiger partial charge in [0.25, 0.3) is 0 Å². The highest BCUT2D eigenvalue weighted by atomic mass is 32.1. The molecule has 110 valence electrons. The van der Waals surface area contributed by atoms with Crippen LogP contribution in [0.4, 0.5) is 5.13 Å². The molecular formula is C14H27N3OS. The Labute approximate surface area is 121 Å². The standard InChI is InChI=1S/C14H27N3OS/c1-10(9-18-7)17(6)13-16-11(2)12(19-13)8-15-14(3,4)5/h10,15H,8-9H2,1-7H3. The lowest BCUT2D eigenvalue weighted by atomic mass is 10.1. The number of anilines is 1. The molecule has 0 saturated carbocycles. The van der Waals surface area contributed by atoms with Gasteiger partial charge in [-0.05, 0) is 34.6 Å². The van der Waals surface area contributed by atoms with E-state index >= 15 is 0 Å². The highest BCUT2D eigenvalue weighted by molar-refractivity contribution is 7.15. The number of hydrogen-bond donors (Lipinski definition) is 1. The zero-order valence-electron chi connectivity index (χ0n) is 13.2. The summed E-state index contributed by atoms with van der Waals surface area (Å²) in [5, 5.41) is 4.58. The Hall–Kier alpha value is -0.650. The van der Waals surface area contributed by atoms with Gasteiger partial charge in [-0.3, -0.25) is 0 Å². The Morgan fingerprint density at radius 2 is 2.05 bits per heavy atom. The van der Waals surface area contributed by atoms with Gasteiger partial charge in [-0.1, -0.05) is 0 Å². The smallest absolute Gasteiger partial charge is 0.185 e. The van der Waals surface area contributed by atoms with Crippen LogP contribution in [-0.2, 0) is 11.3 Å². The predicted octanol–water partition coefficient (Wildman–Crippen LogP) is 2.81. The van der Waals surface area contributed by atoms with Crippen LogP contribution >= 0.6 is 11.3 Å². The van der Waals surface area contributed by atoms with Crippen molar-refractivity contribution in [3.63, 3.8) is 0 Å². The first-order chi connectivity index (χ1) is 8.74. The van der Waals surface area contributed by atoms with E-state index in [0.29, 0.717) is 12.6 Å². The van der Waals surface area contributed by atoms with Gasteiger partial charge in [0.05, 0.1) is 18.3 Å². The number of methoxy groups -OCH3 is 1. The largest absolute Gasteiger partial charge is 0.383 e. The van der Waals surface area contributed by atoms with E-state index < -0.39 is 0 Å². The maximum Gasteiger partial charge on any atom is 0.185 e. The van der Waals surface area contributed by atoms with Crippen molar-refractivity contribution in [1.82, 2.24) is 10.3 Å². The topological polar surface area (TPSA) is 37.4 Å². The second-order valence-corrected chi connectivity index (χ2v) is 7.09. The third-order valence-corrected chi connectivity index (χ3v) is 4.28. The van der Waals surface area contributed by atoms with Gasteiger partial charge in [0.15, 0.2) is 5.13 Å². The van der Waals surface area contributed by atoms with Crippen molar-refractivity contribution in [3.8, 4) is 0 Å². The van der Waals surface area contributed by atoms with Crippen molar-refractivity contribution in [1.29, 1.82) is 0 Å². The highest BCUT2D eigenvalue weighted by Gasteiger charge is 2.17. The first-order valence-corrected chi connectivity index (χ1v) is 7.49. The summed E-state index contributed by atoms with van der Waals surface area (Å²) in [6.07, 6.45) is 0. The van der Waals surface area contributed by atoms with Gasteiger partial charge in [-0.2, -0.15) is 0 Å². The summed E-state index contributed by atoms with van der Waals surface area (Å²) in [5.41, 5.74) is 1.25. The van der Waals surface area contributed by atoms with Gasteiger partial charge in [0, 0.05) is 31.1 Å². The van der Waals surface area contributed by atoms with Crippen LogP contribution in [0.1, 0.15) is 38.3 Å². The molecule has 0 radical (unpaired) electrons. The van der Waals surface area contributed by atoms with E-state index in [4.69, 9.17) is 4.74 Å². The first-order valence-electron chi connectivity index (χ1n) is 6.67. The van der Waals surface area contributed by atoms with Crippen LogP contribution in [0.3, 0.4) is 0 Å². The molecule has 0 fully saturated rings. The molecule has 1 aromatic heterocycles. The Balaban J connectivity index is 2.73. The maximum atomic E-state index is 5.20. The molecule has 0 saturated heterocycles. The molecule has 0 aromatic carbocycles. The molecule has 1 rings (SSSR count). The normalized spacial score (nSPS) is 13.6. The number of thiazole rings is 1.